The van der Waals surface area contributed by atoms with Gasteiger partial charge in [0.2, 0.25) is 11.8 Å². The van der Waals surface area contributed by atoms with Gasteiger partial charge in [0.1, 0.15) is 41.5 Å². The third-order valence-electron chi connectivity index (χ3n) is 6.83. The van der Waals surface area contributed by atoms with Crippen LogP contribution in [0.15, 0.2) is 48.5 Å². The van der Waals surface area contributed by atoms with Crippen molar-refractivity contribution < 1.29 is 42.5 Å². The molecule has 3 aromatic rings. The molecular formula is C29H25ClFN3O8. The second-order valence-corrected chi connectivity index (χ2v) is 9.84. The van der Waals surface area contributed by atoms with Crippen molar-refractivity contribution in [2.75, 3.05) is 19.5 Å². The topological polar surface area (TPSA) is 132 Å². The molecule has 0 aromatic heterocycles. The molecule has 13 heteroatoms. The molecule has 0 saturated carbocycles. The van der Waals surface area contributed by atoms with Crippen LogP contribution in [-0.2, 0) is 27.5 Å². The molecule has 3 aromatic carbocycles. The van der Waals surface area contributed by atoms with Crippen molar-refractivity contribution in [3.05, 3.63) is 76.1 Å². The quantitative estimate of drug-likeness (QED) is 0.354. The molecule has 0 bridgehead atoms. The van der Waals surface area contributed by atoms with Crippen molar-refractivity contribution in [3.63, 3.8) is 0 Å². The van der Waals surface area contributed by atoms with Gasteiger partial charge in [0.05, 0.1) is 30.5 Å². The number of ether oxygens (including phenoxy) is 4. The Morgan fingerprint density at radius 2 is 1.83 bits per heavy atom. The summed E-state index contributed by atoms with van der Waals surface area (Å²) in [6, 6.07) is 11.2. The van der Waals surface area contributed by atoms with Crippen LogP contribution >= 0.6 is 11.6 Å². The third-order valence-corrected chi connectivity index (χ3v) is 7.12. The third kappa shape index (κ3) is 5.79. The molecule has 218 valence electrons. The minimum atomic E-state index is -0.800. The zero-order valence-corrected chi connectivity index (χ0v) is 23.2. The number of imide groups is 1. The summed E-state index contributed by atoms with van der Waals surface area (Å²) in [5.74, 6) is -0.685. The summed E-state index contributed by atoms with van der Waals surface area (Å²) in [6.07, 6.45) is -0.419. The van der Waals surface area contributed by atoms with Crippen LogP contribution in [-0.4, -0.2) is 49.0 Å². The number of carbonyl (C=O) groups excluding carboxylic acids is 4. The molecule has 5 rings (SSSR count). The van der Waals surface area contributed by atoms with E-state index in [1.807, 2.05) is 0 Å². The minimum absolute atomic E-state index is 0.0866. The second kappa shape index (κ2) is 12.0. The molecule has 2 aliphatic heterocycles. The van der Waals surface area contributed by atoms with Crippen molar-refractivity contribution in [3.8, 4) is 23.0 Å². The van der Waals surface area contributed by atoms with E-state index in [2.05, 4.69) is 10.6 Å². The lowest BCUT2D eigenvalue weighted by Crippen LogP contribution is -2.52. The molecule has 0 aliphatic carbocycles. The molecule has 1 fully saturated rings. The van der Waals surface area contributed by atoms with Crippen LogP contribution in [0.5, 0.6) is 23.0 Å². The molecule has 11 nitrogen and oxygen atoms in total. The molecule has 4 amide bonds. The molecule has 1 saturated heterocycles. The summed E-state index contributed by atoms with van der Waals surface area (Å²) in [6.45, 7) is -0.0328. The van der Waals surface area contributed by atoms with E-state index < -0.39 is 29.8 Å². The number of nitrogens with zero attached hydrogens (tertiary/aromatic N) is 1. The van der Waals surface area contributed by atoms with Gasteiger partial charge in [-0.15, -0.1) is 0 Å². The first kappa shape index (κ1) is 28.7. The number of hydrogen-bond donors (Lipinski definition) is 2. The first-order valence-corrected chi connectivity index (χ1v) is 13.1. The van der Waals surface area contributed by atoms with Gasteiger partial charge in [-0.1, -0.05) is 23.7 Å². The van der Waals surface area contributed by atoms with Crippen LogP contribution in [0.2, 0.25) is 5.02 Å². The van der Waals surface area contributed by atoms with Gasteiger partial charge in [-0.3, -0.25) is 25.0 Å². The molecular weight excluding hydrogens is 573 g/mol. The lowest BCUT2D eigenvalue weighted by atomic mass is 10.0. The van der Waals surface area contributed by atoms with E-state index in [4.69, 9.17) is 30.5 Å². The predicted octanol–water partition coefficient (Wildman–Crippen LogP) is 4.80. The highest BCUT2D eigenvalue weighted by Gasteiger charge is 2.41. The Hall–Kier alpha value is -4.84. The summed E-state index contributed by atoms with van der Waals surface area (Å²) in [5, 5.41) is 4.78. The van der Waals surface area contributed by atoms with Crippen LogP contribution < -0.4 is 24.8 Å². The van der Waals surface area contributed by atoms with Crippen molar-refractivity contribution in [1.29, 1.82) is 0 Å². The maximum Gasteiger partial charge on any atom is 0.412 e. The Morgan fingerprint density at radius 1 is 1.07 bits per heavy atom. The average molecular weight is 598 g/mol. The number of amides is 4. The fourth-order valence-corrected chi connectivity index (χ4v) is 4.98. The number of nitrogens with one attached hydrogen (secondary N) is 2. The number of halogens is 2. The highest BCUT2D eigenvalue weighted by Crippen LogP contribution is 2.37. The fraction of sp³-hybridized carbons (Fsp3) is 0.241. The molecule has 0 spiro atoms. The number of benzene rings is 3. The van der Waals surface area contributed by atoms with Gasteiger partial charge in [-0.05, 0) is 36.2 Å². The molecule has 0 radical (unpaired) electrons. The van der Waals surface area contributed by atoms with E-state index in [0.29, 0.717) is 28.3 Å². The van der Waals surface area contributed by atoms with E-state index in [9.17, 15) is 23.6 Å². The molecule has 42 heavy (non-hydrogen) atoms. The second-order valence-electron chi connectivity index (χ2n) is 9.43. The highest BCUT2D eigenvalue weighted by molar-refractivity contribution is 6.30. The van der Waals surface area contributed by atoms with Crippen LogP contribution in [0.1, 0.15) is 34.3 Å². The first-order valence-electron chi connectivity index (χ1n) is 12.8. The standard InChI is InChI=1S/C29H25ClFN3O8/c1-39-23-12-18(42-17-5-7-20(31)19(30)11-17)6-8-21(23)32-29(38)41-14-16-4-3-15-13-34(28(37)25(15)26(16)40-2)22-9-10-24(35)33-27(22)36/h3-8,11-12,22H,9-10,13-14H2,1-2H3,(H,32,38)(H,33,35,36). The fourth-order valence-electron chi connectivity index (χ4n) is 4.81. The molecule has 2 heterocycles. The van der Waals surface area contributed by atoms with Gasteiger partial charge in [-0.2, -0.15) is 0 Å². The Bertz CT molecular complexity index is 1600. The van der Waals surface area contributed by atoms with E-state index in [0.717, 1.165) is 0 Å². The largest absolute Gasteiger partial charge is 0.495 e. The van der Waals surface area contributed by atoms with Crippen molar-refractivity contribution >= 4 is 41.1 Å². The zero-order chi connectivity index (χ0) is 30.0. The molecule has 2 aliphatic rings. The lowest BCUT2D eigenvalue weighted by Gasteiger charge is -2.29. The lowest BCUT2D eigenvalue weighted by molar-refractivity contribution is -0.136. The van der Waals surface area contributed by atoms with E-state index in [1.54, 1.807) is 24.3 Å². The summed E-state index contributed by atoms with van der Waals surface area (Å²) in [4.78, 5) is 51.2. The highest BCUT2D eigenvalue weighted by atomic mass is 35.5. The van der Waals surface area contributed by atoms with Gasteiger partial charge in [0.15, 0.2) is 0 Å². The number of methoxy groups -OCH3 is 2. The maximum absolute atomic E-state index is 13.4. The van der Waals surface area contributed by atoms with Crippen molar-refractivity contribution in [1.82, 2.24) is 10.2 Å². The Labute approximate surface area is 244 Å². The number of anilines is 1. The van der Waals surface area contributed by atoms with Gasteiger partial charge < -0.3 is 23.8 Å². The summed E-state index contributed by atoms with van der Waals surface area (Å²) in [5.41, 5.74) is 1.68. The molecule has 1 atom stereocenters. The number of rotatable bonds is 8. The summed E-state index contributed by atoms with van der Waals surface area (Å²) < 4.78 is 35.4. The van der Waals surface area contributed by atoms with Gasteiger partial charge >= 0.3 is 6.09 Å². The van der Waals surface area contributed by atoms with Crippen LogP contribution in [0.4, 0.5) is 14.9 Å². The van der Waals surface area contributed by atoms with E-state index in [-0.39, 0.29) is 54.0 Å². The Morgan fingerprint density at radius 3 is 2.55 bits per heavy atom. The zero-order valence-electron chi connectivity index (χ0n) is 22.5. The van der Waals surface area contributed by atoms with Crippen LogP contribution in [0.25, 0.3) is 0 Å². The monoisotopic (exact) mass is 597 g/mol. The van der Waals surface area contributed by atoms with Gasteiger partial charge in [0.25, 0.3) is 5.91 Å². The van der Waals surface area contributed by atoms with Crippen LogP contribution in [0.3, 0.4) is 0 Å². The smallest absolute Gasteiger partial charge is 0.412 e. The van der Waals surface area contributed by atoms with Gasteiger partial charge in [-0.25, -0.2) is 9.18 Å². The maximum atomic E-state index is 13.4. The van der Waals surface area contributed by atoms with Gasteiger partial charge in [0, 0.05) is 30.7 Å². The number of fused-ring (bicyclic) bond motifs is 1. The van der Waals surface area contributed by atoms with Crippen molar-refractivity contribution in [2.45, 2.75) is 32.0 Å². The van der Waals surface area contributed by atoms with E-state index >= 15 is 0 Å². The summed E-state index contributed by atoms with van der Waals surface area (Å²) in [7, 11) is 2.81. The van der Waals surface area contributed by atoms with E-state index in [1.165, 1.54) is 43.4 Å². The number of hydrogen-bond acceptors (Lipinski definition) is 8. The minimum Gasteiger partial charge on any atom is -0.495 e. The Balaban J connectivity index is 1.25. The summed E-state index contributed by atoms with van der Waals surface area (Å²) >= 11 is 5.80. The van der Waals surface area contributed by atoms with Crippen molar-refractivity contribution in [2.24, 2.45) is 0 Å². The predicted molar refractivity (Wildman–Crippen MR) is 147 cm³/mol. The number of piperidine rings is 1. The number of carbonyl (C=O) groups is 4. The SMILES string of the molecule is COc1cc(Oc2ccc(F)c(Cl)c2)ccc1NC(=O)OCc1ccc2c(c1OC)C(=O)N(C1CCC(=O)NC1=O)C2. The van der Waals surface area contributed by atoms with Crippen LogP contribution in [0, 0.1) is 5.82 Å². The Kier molecular flexibility index (Phi) is 8.16. The average Bonchev–Trinajstić information content (AvgIpc) is 3.30. The molecule has 1 unspecified atom stereocenters. The normalized spacial score (nSPS) is 16.0. The molecule has 2 N–H and O–H groups in total. The first-order chi connectivity index (χ1) is 20.2.